The van der Waals surface area contributed by atoms with E-state index in [1.807, 2.05) is 0 Å². The Hall–Kier alpha value is 0.170. The maximum atomic E-state index is 9.27. The number of rotatable bonds is 0. The van der Waals surface area contributed by atoms with Crippen LogP contribution in [0.5, 0.6) is 0 Å². The Morgan fingerprint density at radius 2 is 2.30 bits per heavy atom. The molecule has 0 saturated carbocycles. The van der Waals surface area contributed by atoms with Gasteiger partial charge in [-0.15, -0.1) is 0 Å². The van der Waals surface area contributed by atoms with Gasteiger partial charge in [-0.2, -0.15) is 0 Å². The molecule has 0 aromatic carbocycles. The minimum atomic E-state index is -1.40. The molecule has 0 amide bonds. The predicted octanol–water partition coefficient (Wildman–Crippen LogP) is 1.12. The van der Waals surface area contributed by atoms with Crippen molar-refractivity contribution in [3.05, 3.63) is 23.3 Å². The first-order chi connectivity index (χ1) is 4.52. The summed E-state index contributed by atoms with van der Waals surface area (Å²) in [6, 6.07) is 0. The first kappa shape index (κ1) is 8.27. The molecule has 56 valence electrons. The largest absolute Gasteiger partial charge is 0.385 e. The lowest BCUT2D eigenvalue weighted by molar-refractivity contribution is 0.0589. The molecule has 2 N–H and O–H groups in total. The molecule has 4 heteroatoms. The van der Waals surface area contributed by atoms with Crippen LogP contribution in [0, 0.1) is 0 Å². The van der Waals surface area contributed by atoms with Crippen LogP contribution in [0.3, 0.4) is 0 Å². The van der Waals surface area contributed by atoms with Gasteiger partial charge in [0.1, 0.15) is 6.10 Å². The predicted molar refractivity (Wildman–Crippen MR) is 43.0 cm³/mol. The Labute approximate surface area is 71.9 Å². The fourth-order valence-corrected chi connectivity index (χ4v) is 1.42. The fourth-order valence-electron chi connectivity index (χ4n) is 0.645. The molecule has 0 aromatic heterocycles. The molecule has 0 saturated heterocycles. The summed E-state index contributed by atoms with van der Waals surface area (Å²) < 4.78 is -1.40. The summed E-state index contributed by atoms with van der Waals surface area (Å²) in [7, 11) is 0. The van der Waals surface area contributed by atoms with Crippen LogP contribution in [-0.4, -0.2) is 20.8 Å². The molecule has 2 atom stereocenters. The van der Waals surface area contributed by atoms with Gasteiger partial charge in [0.25, 0.3) is 0 Å². The molecule has 0 heterocycles. The molecule has 0 aromatic rings. The fraction of sp³-hybridized carbons (Fsp3) is 0.333. The number of halogens is 2. The van der Waals surface area contributed by atoms with Gasteiger partial charge in [-0.1, -0.05) is 17.7 Å². The molecule has 0 spiro atoms. The Balaban J connectivity index is 2.88. The topological polar surface area (TPSA) is 40.5 Å². The highest BCUT2D eigenvalue weighted by Crippen LogP contribution is 2.28. The normalized spacial score (nSPS) is 39.6. The quantitative estimate of drug-likeness (QED) is 0.607. The Morgan fingerprint density at radius 3 is 2.70 bits per heavy atom. The van der Waals surface area contributed by atoms with Gasteiger partial charge in [-0.3, -0.25) is 0 Å². The van der Waals surface area contributed by atoms with Crippen molar-refractivity contribution in [1.82, 2.24) is 0 Å². The lowest BCUT2D eigenvalue weighted by Gasteiger charge is -2.23. The van der Waals surface area contributed by atoms with E-state index in [1.165, 1.54) is 18.2 Å². The van der Waals surface area contributed by atoms with Crippen molar-refractivity contribution in [2.75, 3.05) is 0 Å². The van der Waals surface area contributed by atoms with Crippen LogP contribution in [0.25, 0.3) is 0 Å². The molecule has 2 unspecified atom stereocenters. The summed E-state index contributed by atoms with van der Waals surface area (Å²) in [5.74, 6) is 0. The number of alkyl halides is 1. The van der Waals surface area contributed by atoms with Gasteiger partial charge in [0.2, 0.25) is 0 Å². The van der Waals surface area contributed by atoms with Gasteiger partial charge in [0.15, 0.2) is 4.51 Å². The molecule has 2 nitrogen and oxygen atoms in total. The zero-order valence-electron chi connectivity index (χ0n) is 4.96. The highest BCUT2D eigenvalue weighted by molar-refractivity contribution is 9.10. The SMILES string of the molecule is OC1C=CC(Cl)=CC1(O)Br. The molecule has 0 aliphatic heterocycles. The van der Waals surface area contributed by atoms with Crippen molar-refractivity contribution >= 4 is 27.5 Å². The molecule has 1 rings (SSSR count). The Bertz CT molecular complexity index is 198. The highest BCUT2D eigenvalue weighted by atomic mass is 79.9. The second kappa shape index (κ2) is 2.66. The second-order valence-electron chi connectivity index (χ2n) is 2.06. The van der Waals surface area contributed by atoms with Crippen molar-refractivity contribution in [2.24, 2.45) is 0 Å². The Kier molecular flexibility index (Phi) is 2.20. The first-order valence-corrected chi connectivity index (χ1v) is 3.85. The van der Waals surface area contributed by atoms with Gasteiger partial charge in [-0.25, -0.2) is 0 Å². The van der Waals surface area contributed by atoms with Gasteiger partial charge in [0, 0.05) is 5.03 Å². The number of aliphatic hydroxyl groups excluding tert-OH is 1. The van der Waals surface area contributed by atoms with Gasteiger partial charge in [-0.05, 0) is 28.1 Å². The van der Waals surface area contributed by atoms with E-state index in [0.717, 1.165) is 0 Å². The Morgan fingerprint density at radius 1 is 1.70 bits per heavy atom. The average Bonchev–Trinajstić information content (AvgIpc) is 1.78. The van der Waals surface area contributed by atoms with Crippen molar-refractivity contribution < 1.29 is 10.2 Å². The molecular weight excluding hydrogens is 219 g/mol. The molecule has 0 fully saturated rings. The van der Waals surface area contributed by atoms with Crippen LogP contribution < -0.4 is 0 Å². The van der Waals surface area contributed by atoms with Crippen LogP contribution >= 0.6 is 27.5 Å². The first-order valence-electron chi connectivity index (χ1n) is 2.68. The number of allylic oxidation sites excluding steroid dienone is 2. The third-order valence-electron chi connectivity index (χ3n) is 1.19. The maximum Gasteiger partial charge on any atom is 0.169 e. The van der Waals surface area contributed by atoms with E-state index in [4.69, 9.17) is 16.7 Å². The third-order valence-corrected chi connectivity index (χ3v) is 2.13. The van der Waals surface area contributed by atoms with Crippen molar-refractivity contribution in [2.45, 2.75) is 10.6 Å². The van der Waals surface area contributed by atoms with E-state index in [2.05, 4.69) is 15.9 Å². The lowest BCUT2D eigenvalue weighted by Crippen LogP contribution is -2.34. The zero-order chi connectivity index (χ0) is 7.78. The number of aliphatic hydroxyl groups is 2. The molecule has 0 radical (unpaired) electrons. The van der Waals surface area contributed by atoms with Crippen LogP contribution in [-0.2, 0) is 0 Å². The minimum Gasteiger partial charge on any atom is -0.385 e. The van der Waals surface area contributed by atoms with Crippen molar-refractivity contribution in [1.29, 1.82) is 0 Å². The molecule has 10 heavy (non-hydrogen) atoms. The summed E-state index contributed by atoms with van der Waals surface area (Å²) >= 11 is 8.43. The van der Waals surface area contributed by atoms with E-state index in [9.17, 15) is 5.11 Å². The third kappa shape index (κ3) is 1.61. The van der Waals surface area contributed by atoms with Gasteiger partial charge >= 0.3 is 0 Å². The van der Waals surface area contributed by atoms with Crippen LogP contribution in [0.1, 0.15) is 0 Å². The molecular formula is C6H6BrClO2. The summed E-state index contributed by atoms with van der Waals surface area (Å²) in [5.41, 5.74) is 0. The van der Waals surface area contributed by atoms with Gasteiger partial charge < -0.3 is 10.2 Å². The van der Waals surface area contributed by atoms with E-state index in [-0.39, 0.29) is 0 Å². The molecule has 1 aliphatic rings. The summed E-state index contributed by atoms with van der Waals surface area (Å²) in [4.78, 5) is 0. The van der Waals surface area contributed by atoms with E-state index >= 15 is 0 Å². The van der Waals surface area contributed by atoms with Gasteiger partial charge in [0.05, 0.1) is 0 Å². The summed E-state index contributed by atoms with van der Waals surface area (Å²) in [6.45, 7) is 0. The van der Waals surface area contributed by atoms with E-state index in [1.54, 1.807) is 0 Å². The monoisotopic (exact) mass is 224 g/mol. The summed E-state index contributed by atoms with van der Waals surface area (Å²) in [5, 5.41) is 18.7. The zero-order valence-corrected chi connectivity index (χ0v) is 7.30. The van der Waals surface area contributed by atoms with Crippen LogP contribution in [0.2, 0.25) is 0 Å². The molecule has 0 bridgehead atoms. The maximum absolute atomic E-state index is 9.27. The van der Waals surface area contributed by atoms with Crippen LogP contribution in [0.15, 0.2) is 23.3 Å². The van der Waals surface area contributed by atoms with Crippen LogP contribution in [0.4, 0.5) is 0 Å². The lowest BCUT2D eigenvalue weighted by atomic mass is 10.1. The smallest absolute Gasteiger partial charge is 0.169 e. The van der Waals surface area contributed by atoms with Crippen molar-refractivity contribution in [3.63, 3.8) is 0 Å². The number of hydrogen-bond donors (Lipinski definition) is 2. The molecule has 1 aliphatic carbocycles. The standard InChI is InChI=1S/C6H6BrClO2/c7-6(10)3-4(8)1-2-5(6)9/h1-3,5,9-10H. The second-order valence-corrected chi connectivity index (χ2v) is 3.77. The average molecular weight is 225 g/mol. The number of hydrogen-bond acceptors (Lipinski definition) is 2. The van der Waals surface area contributed by atoms with E-state index in [0.29, 0.717) is 5.03 Å². The van der Waals surface area contributed by atoms with Crippen molar-refractivity contribution in [3.8, 4) is 0 Å². The minimum absolute atomic E-state index is 0.407. The highest BCUT2D eigenvalue weighted by Gasteiger charge is 2.30. The van der Waals surface area contributed by atoms with E-state index < -0.39 is 10.6 Å². The summed E-state index contributed by atoms with van der Waals surface area (Å²) in [6.07, 6.45) is 3.34.